The first kappa shape index (κ1) is 16.7. The minimum atomic E-state index is -4.48. The molecule has 0 aliphatic rings. The molecule has 0 amide bonds. The first-order valence-electron chi connectivity index (χ1n) is 5.41. The predicted molar refractivity (Wildman–Crippen MR) is 58.4 cm³/mol. The number of benzene rings is 1. The van der Waals surface area contributed by atoms with Gasteiger partial charge in [0.1, 0.15) is 6.61 Å². The number of nitrogens with two attached hydrogens (primary N) is 1. The number of halogens is 6. The molecule has 0 saturated heterocycles. The molecule has 1 rings (SSSR count). The third kappa shape index (κ3) is 5.35. The van der Waals surface area contributed by atoms with E-state index < -0.39 is 37.2 Å². The monoisotopic (exact) mass is 302 g/mol. The first-order valence-corrected chi connectivity index (χ1v) is 5.41. The van der Waals surface area contributed by atoms with E-state index in [0.717, 1.165) is 24.3 Å². The molecule has 0 aromatic heterocycles. The molecule has 0 heterocycles. The Morgan fingerprint density at radius 3 is 2.00 bits per heavy atom. The van der Waals surface area contributed by atoms with Crippen LogP contribution in [0.4, 0.5) is 26.3 Å². The average Bonchev–Trinajstić information content (AvgIpc) is 2.32. The Bertz CT molecular complexity index is 414. The Hall–Kier alpha value is -1.32. The first-order chi connectivity index (χ1) is 9.13. The molecule has 0 aliphatic heterocycles. The van der Waals surface area contributed by atoms with Crippen LogP contribution in [0.2, 0.25) is 0 Å². The van der Waals surface area contributed by atoms with Crippen LogP contribution in [-0.2, 0) is 10.9 Å². The maximum atomic E-state index is 12.3. The van der Waals surface area contributed by atoms with E-state index in [0.29, 0.717) is 5.56 Å². The number of nitrogens with one attached hydrogen (secondary N) is 1. The molecule has 1 aromatic rings. The van der Waals surface area contributed by atoms with Crippen LogP contribution in [0.25, 0.3) is 0 Å². The Balaban J connectivity index is 2.66. The zero-order valence-electron chi connectivity index (χ0n) is 10.1. The molecule has 0 saturated carbocycles. The van der Waals surface area contributed by atoms with Gasteiger partial charge in [0.25, 0.3) is 0 Å². The molecule has 1 atom stereocenters. The van der Waals surface area contributed by atoms with E-state index in [1.165, 1.54) is 0 Å². The van der Waals surface area contributed by atoms with Crippen molar-refractivity contribution in [2.75, 3.05) is 13.2 Å². The summed E-state index contributed by atoms with van der Waals surface area (Å²) in [5, 5.41) is 0. The molecule has 3 nitrogen and oxygen atoms in total. The molecule has 0 bridgehead atoms. The van der Waals surface area contributed by atoms with Gasteiger partial charge in [0.15, 0.2) is 0 Å². The summed E-state index contributed by atoms with van der Waals surface area (Å²) in [7, 11) is 0. The van der Waals surface area contributed by atoms with Crippen LogP contribution in [0.15, 0.2) is 24.3 Å². The molecule has 0 radical (unpaired) electrons. The fourth-order valence-corrected chi connectivity index (χ4v) is 1.44. The average molecular weight is 302 g/mol. The quantitative estimate of drug-likeness (QED) is 0.499. The lowest BCUT2D eigenvalue weighted by atomic mass is 10.1. The smallest absolute Gasteiger partial charge is 0.370 e. The molecule has 0 aliphatic carbocycles. The van der Waals surface area contributed by atoms with Crippen molar-refractivity contribution in [1.82, 2.24) is 5.43 Å². The summed E-state index contributed by atoms with van der Waals surface area (Å²) in [6.45, 7) is -1.87. The van der Waals surface area contributed by atoms with Crippen molar-refractivity contribution in [2.24, 2.45) is 5.84 Å². The SMILES string of the molecule is NNC(COCC(F)(F)F)c1ccc(C(F)(F)F)cc1. The van der Waals surface area contributed by atoms with Crippen molar-refractivity contribution < 1.29 is 31.1 Å². The molecule has 1 aromatic carbocycles. The standard InChI is InChI=1S/C11H12F6N2O/c12-10(13,14)6-20-5-9(19-18)7-1-3-8(4-2-7)11(15,16)17/h1-4,9,19H,5-6,18H2. The van der Waals surface area contributed by atoms with Gasteiger partial charge >= 0.3 is 12.4 Å². The normalized spacial score (nSPS) is 14.3. The van der Waals surface area contributed by atoms with Gasteiger partial charge < -0.3 is 4.74 Å². The van der Waals surface area contributed by atoms with Crippen LogP contribution >= 0.6 is 0 Å². The second kappa shape index (κ2) is 6.42. The van der Waals surface area contributed by atoms with Crippen molar-refractivity contribution in [3.05, 3.63) is 35.4 Å². The van der Waals surface area contributed by atoms with E-state index in [9.17, 15) is 26.3 Å². The molecular weight excluding hydrogens is 290 g/mol. The lowest BCUT2D eigenvalue weighted by molar-refractivity contribution is -0.175. The topological polar surface area (TPSA) is 47.3 Å². The highest BCUT2D eigenvalue weighted by Gasteiger charge is 2.30. The summed E-state index contributed by atoms with van der Waals surface area (Å²) < 4.78 is 77.1. The van der Waals surface area contributed by atoms with Crippen molar-refractivity contribution in [3.63, 3.8) is 0 Å². The fraction of sp³-hybridized carbons (Fsp3) is 0.455. The van der Waals surface area contributed by atoms with E-state index in [4.69, 9.17) is 5.84 Å². The summed E-state index contributed by atoms with van der Waals surface area (Å²) in [6, 6.07) is 3.07. The van der Waals surface area contributed by atoms with Gasteiger partial charge in [0, 0.05) is 0 Å². The van der Waals surface area contributed by atoms with E-state index >= 15 is 0 Å². The van der Waals surface area contributed by atoms with Crippen LogP contribution in [0.1, 0.15) is 17.2 Å². The molecule has 0 spiro atoms. The summed E-state index contributed by atoms with van der Waals surface area (Å²) >= 11 is 0. The summed E-state index contributed by atoms with van der Waals surface area (Å²) in [5.74, 6) is 5.14. The highest BCUT2D eigenvalue weighted by atomic mass is 19.4. The number of hydrogen-bond acceptors (Lipinski definition) is 3. The molecule has 20 heavy (non-hydrogen) atoms. The number of hydrogen-bond donors (Lipinski definition) is 2. The van der Waals surface area contributed by atoms with Gasteiger partial charge in [-0.2, -0.15) is 26.3 Å². The molecule has 3 N–H and O–H groups in total. The third-order valence-electron chi connectivity index (χ3n) is 2.39. The molecule has 9 heteroatoms. The Morgan fingerprint density at radius 2 is 1.60 bits per heavy atom. The van der Waals surface area contributed by atoms with Crippen molar-refractivity contribution in [3.8, 4) is 0 Å². The second-order valence-corrected chi connectivity index (χ2v) is 3.97. The van der Waals surface area contributed by atoms with Gasteiger partial charge in [0.2, 0.25) is 0 Å². The van der Waals surface area contributed by atoms with Crippen LogP contribution in [0.3, 0.4) is 0 Å². The maximum absolute atomic E-state index is 12.3. The maximum Gasteiger partial charge on any atom is 0.416 e. The van der Waals surface area contributed by atoms with Gasteiger partial charge in [-0.3, -0.25) is 11.3 Å². The van der Waals surface area contributed by atoms with Crippen LogP contribution in [-0.4, -0.2) is 19.4 Å². The minimum Gasteiger partial charge on any atom is -0.370 e. The van der Waals surface area contributed by atoms with E-state index in [1.807, 2.05) is 0 Å². The third-order valence-corrected chi connectivity index (χ3v) is 2.39. The van der Waals surface area contributed by atoms with E-state index in [1.54, 1.807) is 0 Å². The van der Waals surface area contributed by atoms with Crippen molar-refractivity contribution in [2.45, 2.75) is 18.4 Å². The Morgan fingerprint density at radius 1 is 1.05 bits per heavy atom. The Labute approximate surface area is 110 Å². The highest BCUT2D eigenvalue weighted by Crippen LogP contribution is 2.30. The van der Waals surface area contributed by atoms with Gasteiger partial charge in [-0.1, -0.05) is 12.1 Å². The van der Waals surface area contributed by atoms with Gasteiger partial charge in [-0.15, -0.1) is 0 Å². The lowest BCUT2D eigenvalue weighted by Gasteiger charge is -2.18. The van der Waals surface area contributed by atoms with Crippen LogP contribution in [0.5, 0.6) is 0 Å². The van der Waals surface area contributed by atoms with Gasteiger partial charge in [0.05, 0.1) is 18.2 Å². The van der Waals surface area contributed by atoms with Gasteiger partial charge in [-0.05, 0) is 17.7 Å². The van der Waals surface area contributed by atoms with Crippen LogP contribution < -0.4 is 11.3 Å². The number of rotatable bonds is 5. The van der Waals surface area contributed by atoms with E-state index in [-0.39, 0.29) is 0 Å². The molecule has 1 unspecified atom stereocenters. The van der Waals surface area contributed by atoms with E-state index in [2.05, 4.69) is 10.2 Å². The van der Waals surface area contributed by atoms with Gasteiger partial charge in [-0.25, -0.2) is 0 Å². The number of alkyl halides is 6. The predicted octanol–water partition coefficient (Wildman–Crippen LogP) is 2.79. The zero-order chi connectivity index (χ0) is 15.4. The largest absolute Gasteiger partial charge is 0.416 e. The minimum absolute atomic E-state index is 0.294. The molecule has 114 valence electrons. The number of hydrazine groups is 1. The summed E-state index contributed by atoms with van der Waals surface area (Å²) in [4.78, 5) is 0. The van der Waals surface area contributed by atoms with Crippen molar-refractivity contribution in [1.29, 1.82) is 0 Å². The fourth-order valence-electron chi connectivity index (χ4n) is 1.44. The molecule has 0 fully saturated rings. The number of ether oxygens (including phenoxy) is 1. The summed E-state index contributed by atoms with van der Waals surface area (Å²) in [5.41, 5.74) is 1.63. The zero-order valence-corrected chi connectivity index (χ0v) is 10.1. The highest BCUT2D eigenvalue weighted by molar-refractivity contribution is 5.26. The van der Waals surface area contributed by atoms with Crippen molar-refractivity contribution >= 4 is 0 Å². The summed E-state index contributed by atoms with van der Waals surface area (Å²) in [6.07, 6.45) is -8.95. The molecular formula is C11H12F6N2O. The van der Waals surface area contributed by atoms with Crippen LogP contribution in [0, 0.1) is 0 Å². The lowest BCUT2D eigenvalue weighted by Crippen LogP contribution is -2.32. The second-order valence-electron chi connectivity index (χ2n) is 3.97. The Kier molecular flexibility index (Phi) is 5.37.